The van der Waals surface area contributed by atoms with Crippen LogP contribution in [0.3, 0.4) is 0 Å². The number of hydrogen-bond donors (Lipinski definition) is 3. The normalized spacial score (nSPS) is 29.9. The van der Waals surface area contributed by atoms with Crippen molar-refractivity contribution in [2.75, 3.05) is 19.8 Å². The summed E-state index contributed by atoms with van der Waals surface area (Å²) in [5.74, 6) is -6.52. The quantitative estimate of drug-likeness (QED) is 0.281. The van der Waals surface area contributed by atoms with Gasteiger partial charge in [0.2, 0.25) is 33.6 Å². The van der Waals surface area contributed by atoms with Crippen LogP contribution in [-0.2, 0) is 35.6 Å². The fourth-order valence-corrected chi connectivity index (χ4v) is 9.95. The largest absolute Gasteiger partial charge is 0.477 e. The highest BCUT2D eigenvalue weighted by Gasteiger charge is 2.64. The summed E-state index contributed by atoms with van der Waals surface area (Å²) in [6.45, 7) is 5.55. The van der Waals surface area contributed by atoms with E-state index in [2.05, 4.69) is 15.4 Å². The van der Waals surface area contributed by atoms with Crippen molar-refractivity contribution >= 4 is 44.6 Å². The molecule has 7 atom stereocenters. The Labute approximate surface area is 347 Å². The second-order valence-electron chi connectivity index (χ2n) is 17.9. The van der Waals surface area contributed by atoms with Crippen molar-refractivity contribution in [3.05, 3.63) is 42.0 Å². The smallest absolute Gasteiger partial charge is 0.408 e. The van der Waals surface area contributed by atoms with Crippen molar-refractivity contribution < 1.29 is 55.0 Å². The number of carbonyl (C=O) groups is 4. The second-order valence-corrected chi connectivity index (χ2v) is 20.0. The summed E-state index contributed by atoms with van der Waals surface area (Å²) in [4.78, 5) is 62.8. The van der Waals surface area contributed by atoms with E-state index in [1.54, 1.807) is 13.0 Å². The second kappa shape index (κ2) is 16.0. The molecule has 0 radical (unpaired) electrons. The van der Waals surface area contributed by atoms with E-state index in [1.165, 1.54) is 4.90 Å². The van der Waals surface area contributed by atoms with Gasteiger partial charge in [-0.2, -0.15) is 4.98 Å². The number of halogens is 3. The Kier molecular flexibility index (Phi) is 11.6. The summed E-state index contributed by atoms with van der Waals surface area (Å²) in [7, 11) is -4.44. The van der Waals surface area contributed by atoms with E-state index in [-0.39, 0.29) is 44.0 Å². The number of nitrogens with zero attached hydrogens (tertiary/aromatic N) is 2. The molecule has 2 aliphatic carbocycles. The summed E-state index contributed by atoms with van der Waals surface area (Å²) < 4.78 is 87.2. The average Bonchev–Trinajstić information content (AvgIpc) is 4.09. The van der Waals surface area contributed by atoms with Crippen LogP contribution in [0.1, 0.15) is 91.5 Å². The number of alkyl halides is 3. The molecule has 3 N–H and O–H groups in total. The van der Waals surface area contributed by atoms with E-state index in [1.807, 2.05) is 37.3 Å². The molecule has 4 amide bonds. The van der Waals surface area contributed by atoms with Crippen molar-refractivity contribution in [1.29, 1.82) is 0 Å². The van der Waals surface area contributed by atoms with Crippen LogP contribution in [0.5, 0.6) is 11.8 Å². The van der Waals surface area contributed by atoms with Gasteiger partial charge in [-0.05, 0) is 88.5 Å². The predicted molar refractivity (Wildman–Crippen MR) is 213 cm³/mol. The highest BCUT2D eigenvalue weighted by molar-refractivity contribution is 7.91. The first-order valence-corrected chi connectivity index (χ1v) is 22.2. The Bertz CT molecular complexity index is 2180. The van der Waals surface area contributed by atoms with Crippen LogP contribution in [-0.4, -0.2) is 102 Å². The Morgan fingerprint density at radius 1 is 1.10 bits per heavy atom. The van der Waals surface area contributed by atoms with Gasteiger partial charge < -0.3 is 29.7 Å². The standard InChI is InChI=1S/C42H54F3N5O9S/c1-24-11-6-7-12-26-21-42(26,37(53)49-60(55,56)41(23-43)16-17-41)48-33(51)31-20-27(58-35-30-14-9-8-13-28(30)29-15-10-18-57-34(29)47-35)22-50(31)36(52)32(25(2)19-24)46-38(54)59-39(3,4)40(5,44)45/h7-9,12-14,24-27,31-32H,6,10-11,15-23H2,1-5H3,(H,46,54)(H,48,51)(H,49,53)/b12-7-/t24-,25+,26+,27+,31-,32-,42+/m0/s1. The minimum absolute atomic E-state index is 0.0112. The molecule has 14 nitrogen and oxygen atoms in total. The summed E-state index contributed by atoms with van der Waals surface area (Å²) in [6, 6.07) is 4.84. The number of rotatable bonds is 9. The fraction of sp³-hybridized carbons (Fsp3) is 0.643. The van der Waals surface area contributed by atoms with Gasteiger partial charge in [0.15, 0.2) is 5.60 Å². The number of hydrogen-bond acceptors (Lipinski definition) is 10. The van der Waals surface area contributed by atoms with Gasteiger partial charge >= 0.3 is 6.09 Å². The fourth-order valence-electron chi connectivity index (χ4n) is 8.52. The predicted octanol–water partition coefficient (Wildman–Crippen LogP) is 5.27. The number of allylic oxidation sites excluding steroid dienone is 1. The molecule has 7 rings (SSSR count). The third-order valence-electron chi connectivity index (χ3n) is 13.0. The van der Waals surface area contributed by atoms with Crippen molar-refractivity contribution in [2.24, 2.45) is 17.8 Å². The van der Waals surface area contributed by atoms with Crippen LogP contribution in [0.4, 0.5) is 18.0 Å². The number of fused-ring (bicyclic) bond motifs is 5. The number of sulfonamides is 1. The van der Waals surface area contributed by atoms with Crippen LogP contribution in [0, 0.1) is 17.8 Å². The molecule has 328 valence electrons. The molecule has 0 unspecified atom stereocenters. The Morgan fingerprint density at radius 3 is 2.50 bits per heavy atom. The first-order chi connectivity index (χ1) is 28.2. The lowest BCUT2D eigenvalue weighted by atomic mass is 9.88. The van der Waals surface area contributed by atoms with Gasteiger partial charge in [0.25, 0.3) is 11.8 Å². The minimum Gasteiger partial charge on any atom is -0.477 e. The van der Waals surface area contributed by atoms with Crippen LogP contribution < -0.4 is 24.8 Å². The average molecular weight is 862 g/mol. The van der Waals surface area contributed by atoms with Gasteiger partial charge in [-0.1, -0.05) is 44.2 Å². The minimum atomic E-state index is -4.44. The van der Waals surface area contributed by atoms with Crippen molar-refractivity contribution in [2.45, 2.75) is 132 Å². The molecule has 2 aromatic rings. The maximum atomic E-state index is 14.9. The van der Waals surface area contributed by atoms with Gasteiger partial charge in [-0.3, -0.25) is 19.1 Å². The van der Waals surface area contributed by atoms with Crippen LogP contribution >= 0.6 is 0 Å². The Morgan fingerprint density at radius 2 is 1.82 bits per heavy atom. The van der Waals surface area contributed by atoms with Crippen molar-refractivity contribution in [3.63, 3.8) is 0 Å². The van der Waals surface area contributed by atoms with E-state index in [4.69, 9.17) is 19.2 Å². The van der Waals surface area contributed by atoms with E-state index in [0.717, 1.165) is 37.6 Å². The van der Waals surface area contributed by atoms with Crippen LogP contribution in [0.15, 0.2) is 36.4 Å². The molecule has 4 heterocycles. The maximum absolute atomic E-state index is 14.9. The molecule has 0 bridgehead atoms. The number of aryl methyl sites for hydroxylation is 1. The molecule has 0 spiro atoms. The molecule has 1 saturated heterocycles. The SMILES string of the molecule is C[C@H]1CC/C=C\[C@@H]2C[C@@]2(C(=O)NS(=O)(=O)C2(CF)CC2)NC(=O)[C@@H]2C[C@@H](Oc3nc4c(c5ccccc35)CCCO4)CN2C(=O)[C@@H](NC(=O)OC(C)(C)C(C)(F)F)[C@H](C)C1. The molecule has 1 aromatic carbocycles. The molecule has 18 heteroatoms. The van der Waals surface area contributed by atoms with E-state index >= 15 is 0 Å². The molecule has 2 saturated carbocycles. The molecule has 3 fully saturated rings. The monoisotopic (exact) mass is 861 g/mol. The van der Waals surface area contributed by atoms with Gasteiger partial charge in [0, 0.05) is 30.2 Å². The summed E-state index contributed by atoms with van der Waals surface area (Å²) in [5.41, 5.74) is -3.03. The zero-order valence-corrected chi connectivity index (χ0v) is 35.3. The lowest BCUT2D eigenvalue weighted by molar-refractivity contribution is -0.152. The van der Waals surface area contributed by atoms with E-state index in [9.17, 15) is 40.8 Å². The summed E-state index contributed by atoms with van der Waals surface area (Å²) in [6.07, 6.45) is 4.67. The number of nitrogens with one attached hydrogen (secondary N) is 3. The highest BCUT2D eigenvalue weighted by atomic mass is 32.2. The zero-order valence-electron chi connectivity index (χ0n) is 34.5. The Balaban J connectivity index is 1.24. The topological polar surface area (TPSA) is 182 Å². The summed E-state index contributed by atoms with van der Waals surface area (Å²) >= 11 is 0. The molecule has 1 aromatic heterocycles. The number of ether oxygens (including phenoxy) is 3. The van der Waals surface area contributed by atoms with Crippen LogP contribution in [0.2, 0.25) is 0 Å². The lowest BCUT2D eigenvalue weighted by Crippen LogP contribution is -2.60. The molecule has 60 heavy (non-hydrogen) atoms. The number of carbonyl (C=O) groups excluding carboxylic acids is 4. The first-order valence-electron chi connectivity index (χ1n) is 20.7. The number of aromatic nitrogens is 1. The summed E-state index contributed by atoms with van der Waals surface area (Å²) in [5, 5.41) is 6.88. The number of amides is 4. The van der Waals surface area contributed by atoms with Crippen molar-refractivity contribution in [1.82, 2.24) is 25.2 Å². The maximum Gasteiger partial charge on any atom is 0.408 e. The van der Waals surface area contributed by atoms with Gasteiger partial charge in [-0.25, -0.2) is 26.4 Å². The first kappa shape index (κ1) is 43.5. The van der Waals surface area contributed by atoms with E-state index in [0.29, 0.717) is 44.1 Å². The molecule has 5 aliphatic rings. The molecular weight excluding hydrogens is 808 g/mol. The van der Waals surface area contributed by atoms with Gasteiger partial charge in [-0.15, -0.1) is 0 Å². The highest BCUT2D eigenvalue weighted by Crippen LogP contribution is 2.48. The number of alkyl carbamates (subject to hydrolysis) is 1. The number of pyridine rings is 1. The van der Waals surface area contributed by atoms with Crippen molar-refractivity contribution in [3.8, 4) is 11.8 Å². The molecular formula is C42H54F3N5O9S. The zero-order chi connectivity index (χ0) is 43.4. The van der Waals surface area contributed by atoms with E-state index < -0.39 is 92.3 Å². The Hall–Kier alpha value is -4.61. The van der Waals surface area contributed by atoms with Gasteiger partial charge in [0.05, 0.1) is 13.2 Å². The molecule has 3 aliphatic heterocycles. The van der Waals surface area contributed by atoms with Gasteiger partial charge in [0.1, 0.15) is 35.1 Å². The lowest BCUT2D eigenvalue weighted by Gasteiger charge is -2.35. The number of benzene rings is 1. The third-order valence-corrected chi connectivity index (χ3v) is 15.1. The van der Waals surface area contributed by atoms with Crippen LogP contribution in [0.25, 0.3) is 10.8 Å². The third kappa shape index (κ3) is 8.36.